The zero-order valence-corrected chi connectivity index (χ0v) is 11.9. The molecule has 0 saturated carbocycles. The molecule has 1 aromatic carbocycles. The minimum Gasteiger partial charge on any atom is -0.349 e. The van der Waals surface area contributed by atoms with Crippen molar-refractivity contribution in [1.82, 2.24) is 10.6 Å². The molecule has 3 N–H and O–H groups in total. The van der Waals surface area contributed by atoms with Crippen molar-refractivity contribution < 1.29 is 9.59 Å². The van der Waals surface area contributed by atoms with E-state index in [1.165, 1.54) is 6.92 Å². The molecule has 5 heteroatoms. The summed E-state index contributed by atoms with van der Waals surface area (Å²) in [4.78, 5) is 23.1. The molecule has 5 nitrogen and oxygen atoms in total. The molecular weight excluding hydrogens is 254 g/mol. The molecular formula is C15H21N3O2. The van der Waals surface area contributed by atoms with Gasteiger partial charge in [0.2, 0.25) is 5.91 Å². The van der Waals surface area contributed by atoms with E-state index in [-0.39, 0.29) is 17.9 Å². The third-order valence-electron chi connectivity index (χ3n) is 3.57. The second-order valence-electron chi connectivity index (χ2n) is 5.31. The van der Waals surface area contributed by atoms with Gasteiger partial charge in [0.15, 0.2) is 0 Å². The van der Waals surface area contributed by atoms with Crippen molar-refractivity contribution >= 4 is 17.5 Å². The quantitative estimate of drug-likeness (QED) is 0.780. The van der Waals surface area contributed by atoms with Crippen LogP contribution >= 0.6 is 0 Å². The van der Waals surface area contributed by atoms with Gasteiger partial charge < -0.3 is 16.0 Å². The monoisotopic (exact) mass is 275 g/mol. The van der Waals surface area contributed by atoms with E-state index in [1.807, 2.05) is 0 Å². The molecule has 1 aliphatic heterocycles. The molecule has 2 rings (SSSR count). The van der Waals surface area contributed by atoms with Crippen LogP contribution in [0.2, 0.25) is 0 Å². The molecule has 1 aliphatic rings. The van der Waals surface area contributed by atoms with Crippen LogP contribution in [0.1, 0.15) is 30.6 Å². The van der Waals surface area contributed by atoms with Crippen LogP contribution in [-0.2, 0) is 4.79 Å². The van der Waals surface area contributed by atoms with Gasteiger partial charge in [0.1, 0.15) is 0 Å². The summed E-state index contributed by atoms with van der Waals surface area (Å²) < 4.78 is 0. The van der Waals surface area contributed by atoms with Gasteiger partial charge in [0.05, 0.1) is 0 Å². The first kappa shape index (κ1) is 14.5. The third-order valence-corrected chi connectivity index (χ3v) is 3.57. The molecule has 1 aromatic rings. The molecule has 2 amide bonds. The number of nitrogens with one attached hydrogen (secondary N) is 3. The number of rotatable bonds is 3. The summed E-state index contributed by atoms with van der Waals surface area (Å²) in [5.41, 5.74) is 1.31. The van der Waals surface area contributed by atoms with Crippen LogP contribution in [0, 0.1) is 5.92 Å². The molecule has 20 heavy (non-hydrogen) atoms. The number of anilines is 1. The lowest BCUT2D eigenvalue weighted by Crippen LogP contribution is -2.48. The maximum atomic E-state index is 12.2. The van der Waals surface area contributed by atoms with Crippen molar-refractivity contribution in [2.75, 3.05) is 18.4 Å². The highest BCUT2D eigenvalue weighted by molar-refractivity contribution is 5.95. The van der Waals surface area contributed by atoms with Crippen molar-refractivity contribution in [3.8, 4) is 0 Å². The minimum atomic E-state index is -0.120. The van der Waals surface area contributed by atoms with Gasteiger partial charge in [-0.3, -0.25) is 9.59 Å². The largest absolute Gasteiger partial charge is 0.349 e. The lowest BCUT2D eigenvalue weighted by molar-refractivity contribution is -0.114. The van der Waals surface area contributed by atoms with Gasteiger partial charge in [0, 0.05) is 24.2 Å². The summed E-state index contributed by atoms with van der Waals surface area (Å²) in [6.07, 6.45) is 0.955. The molecule has 2 atom stereocenters. The Morgan fingerprint density at radius 1 is 1.25 bits per heavy atom. The lowest BCUT2D eigenvalue weighted by Gasteiger charge is -2.30. The van der Waals surface area contributed by atoms with Crippen LogP contribution in [0.15, 0.2) is 24.3 Å². The SMILES string of the molecule is CC(=O)Nc1ccc(C(=O)NC2CCNCC2C)cc1. The Hall–Kier alpha value is -1.88. The van der Waals surface area contributed by atoms with Gasteiger partial charge in [0.25, 0.3) is 5.91 Å². The summed E-state index contributed by atoms with van der Waals surface area (Å²) in [6.45, 7) is 5.47. The van der Waals surface area contributed by atoms with Crippen LogP contribution in [0.3, 0.4) is 0 Å². The molecule has 1 fully saturated rings. The van der Waals surface area contributed by atoms with Crippen molar-refractivity contribution in [1.29, 1.82) is 0 Å². The molecule has 108 valence electrons. The summed E-state index contributed by atoms with van der Waals surface area (Å²) in [5, 5.41) is 9.07. The van der Waals surface area contributed by atoms with E-state index in [1.54, 1.807) is 24.3 Å². The highest BCUT2D eigenvalue weighted by Crippen LogP contribution is 2.13. The van der Waals surface area contributed by atoms with E-state index in [0.29, 0.717) is 17.2 Å². The van der Waals surface area contributed by atoms with Crippen LogP contribution in [-0.4, -0.2) is 30.9 Å². The third kappa shape index (κ3) is 3.81. The van der Waals surface area contributed by atoms with Crippen molar-refractivity contribution in [2.24, 2.45) is 5.92 Å². The highest BCUT2D eigenvalue weighted by atomic mass is 16.2. The van der Waals surface area contributed by atoms with E-state index in [2.05, 4.69) is 22.9 Å². The normalized spacial score (nSPS) is 22.1. The molecule has 0 bridgehead atoms. The van der Waals surface area contributed by atoms with E-state index in [9.17, 15) is 9.59 Å². The van der Waals surface area contributed by atoms with Gasteiger partial charge in [-0.1, -0.05) is 6.92 Å². The van der Waals surface area contributed by atoms with E-state index in [4.69, 9.17) is 0 Å². The highest BCUT2D eigenvalue weighted by Gasteiger charge is 2.22. The average molecular weight is 275 g/mol. The van der Waals surface area contributed by atoms with Crippen molar-refractivity contribution in [3.05, 3.63) is 29.8 Å². The maximum absolute atomic E-state index is 12.2. The van der Waals surface area contributed by atoms with E-state index in [0.717, 1.165) is 19.5 Å². The van der Waals surface area contributed by atoms with Gasteiger partial charge >= 0.3 is 0 Å². The Morgan fingerprint density at radius 2 is 1.95 bits per heavy atom. The summed E-state index contributed by atoms with van der Waals surface area (Å²) >= 11 is 0. The molecule has 0 aliphatic carbocycles. The number of hydrogen-bond acceptors (Lipinski definition) is 3. The van der Waals surface area contributed by atoms with Crippen LogP contribution in [0.5, 0.6) is 0 Å². The number of benzene rings is 1. The Balaban J connectivity index is 1.96. The molecule has 0 spiro atoms. The Kier molecular flexibility index (Phi) is 4.74. The predicted molar refractivity (Wildman–Crippen MR) is 78.7 cm³/mol. The lowest BCUT2D eigenvalue weighted by atomic mass is 9.95. The van der Waals surface area contributed by atoms with Gasteiger partial charge in [-0.15, -0.1) is 0 Å². The number of piperidine rings is 1. The summed E-state index contributed by atoms with van der Waals surface area (Å²) in [5.74, 6) is 0.259. The zero-order chi connectivity index (χ0) is 14.5. The smallest absolute Gasteiger partial charge is 0.251 e. The predicted octanol–water partition coefficient (Wildman–Crippen LogP) is 1.37. The fraction of sp³-hybridized carbons (Fsp3) is 0.467. The first-order valence-electron chi connectivity index (χ1n) is 6.95. The van der Waals surface area contributed by atoms with E-state index >= 15 is 0 Å². The minimum absolute atomic E-state index is 0.0573. The van der Waals surface area contributed by atoms with E-state index < -0.39 is 0 Å². The molecule has 1 saturated heterocycles. The van der Waals surface area contributed by atoms with Crippen molar-refractivity contribution in [2.45, 2.75) is 26.3 Å². The van der Waals surface area contributed by atoms with Crippen LogP contribution < -0.4 is 16.0 Å². The summed E-state index contributed by atoms with van der Waals surface area (Å²) in [7, 11) is 0. The Labute approximate surface area is 119 Å². The standard InChI is InChI=1S/C15H21N3O2/c1-10-9-16-8-7-14(10)18-15(20)12-3-5-13(6-4-12)17-11(2)19/h3-6,10,14,16H,7-9H2,1-2H3,(H,17,19)(H,18,20). The van der Waals surface area contributed by atoms with Gasteiger partial charge in [-0.25, -0.2) is 0 Å². The fourth-order valence-electron chi connectivity index (χ4n) is 2.39. The second-order valence-corrected chi connectivity index (χ2v) is 5.31. The first-order chi connectivity index (χ1) is 9.56. The second kappa shape index (κ2) is 6.52. The molecule has 0 aromatic heterocycles. The Bertz CT molecular complexity index is 484. The number of carbonyl (C=O) groups excluding carboxylic acids is 2. The van der Waals surface area contributed by atoms with Crippen LogP contribution in [0.4, 0.5) is 5.69 Å². The van der Waals surface area contributed by atoms with Gasteiger partial charge in [-0.2, -0.15) is 0 Å². The van der Waals surface area contributed by atoms with Crippen LogP contribution in [0.25, 0.3) is 0 Å². The fourth-order valence-corrected chi connectivity index (χ4v) is 2.39. The molecule has 0 radical (unpaired) electrons. The first-order valence-corrected chi connectivity index (χ1v) is 6.95. The number of carbonyl (C=O) groups is 2. The molecule has 2 unspecified atom stereocenters. The number of amides is 2. The topological polar surface area (TPSA) is 70.2 Å². The summed E-state index contributed by atoms with van der Waals surface area (Å²) in [6, 6.07) is 7.15. The number of hydrogen-bond donors (Lipinski definition) is 3. The maximum Gasteiger partial charge on any atom is 0.251 e. The van der Waals surface area contributed by atoms with Crippen molar-refractivity contribution in [3.63, 3.8) is 0 Å². The zero-order valence-electron chi connectivity index (χ0n) is 11.9. The van der Waals surface area contributed by atoms with Gasteiger partial charge in [-0.05, 0) is 49.7 Å². The average Bonchev–Trinajstić information content (AvgIpc) is 2.41. The Morgan fingerprint density at radius 3 is 2.55 bits per heavy atom. The molecule has 1 heterocycles.